The van der Waals surface area contributed by atoms with E-state index in [0.29, 0.717) is 52.5 Å². The molecule has 3 saturated heterocycles. The van der Waals surface area contributed by atoms with Gasteiger partial charge in [-0.3, -0.25) is 4.90 Å². The molecular formula is C15H28N4O4S. The van der Waals surface area contributed by atoms with Crippen LogP contribution in [0.3, 0.4) is 0 Å². The maximum Gasteiger partial charge on any atom is 0.320 e. The number of nitrogens with zero attached hydrogens (tertiary/aromatic N) is 4. The van der Waals surface area contributed by atoms with Gasteiger partial charge >= 0.3 is 6.03 Å². The average Bonchev–Trinajstić information content (AvgIpc) is 2.53. The van der Waals surface area contributed by atoms with Crippen LogP contribution in [0.2, 0.25) is 0 Å². The van der Waals surface area contributed by atoms with Crippen LogP contribution >= 0.6 is 0 Å². The molecule has 0 unspecified atom stereocenters. The zero-order chi connectivity index (χ0) is 17.5. The fourth-order valence-corrected chi connectivity index (χ4v) is 5.00. The molecule has 1 atom stereocenters. The van der Waals surface area contributed by atoms with E-state index in [0.717, 1.165) is 6.54 Å². The first-order valence-electron chi connectivity index (χ1n) is 8.52. The molecule has 3 rings (SSSR count). The molecule has 0 bridgehead atoms. The largest absolute Gasteiger partial charge is 0.378 e. The van der Waals surface area contributed by atoms with E-state index in [2.05, 4.69) is 18.7 Å². The highest BCUT2D eigenvalue weighted by atomic mass is 32.2. The number of amides is 2. The smallest absolute Gasteiger partial charge is 0.320 e. The third-order valence-corrected chi connectivity index (χ3v) is 6.48. The van der Waals surface area contributed by atoms with Crippen LogP contribution in [0.5, 0.6) is 0 Å². The normalized spacial score (nSPS) is 29.4. The van der Waals surface area contributed by atoms with Gasteiger partial charge in [-0.05, 0) is 13.8 Å². The van der Waals surface area contributed by atoms with Crippen molar-refractivity contribution in [2.24, 2.45) is 0 Å². The number of rotatable bonds is 1. The molecule has 138 valence electrons. The number of sulfonamides is 1. The van der Waals surface area contributed by atoms with Crippen molar-refractivity contribution in [2.75, 3.05) is 65.3 Å². The number of morpholine rings is 1. The number of carbonyl (C=O) groups is 1. The van der Waals surface area contributed by atoms with Crippen LogP contribution < -0.4 is 0 Å². The van der Waals surface area contributed by atoms with Crippen LogP contribution in [-0.4, -0.2) is 110 Å². The van der Waals surface area contributed by atoms with E-state index in [1.807, 2.05) is 9.80 Å². The minimum Gasteiger partial charge on any atom is -0.378 e. The molecule has 0 saturated carbocycles. The van der Waals surface area contributed by atoms with Crippen LogP contribution in [0.4, 0.5) is 4.79 Å². The fraction of sp³-hybridized carbons (Fsp3) is 0.933. The first kappa shape index (κ1) is 17.9. The van der Waals surface area contributed by atoms with E-state index in [-0.39, 0.29) is 17.6 Å². The lowest BCUT2D eigenvalue weighted by molar-refractivity contribution is -0.0394. The second-order valence-corrected chi connectivity index (χ2v) is 9.53. The molecule has 3 aliphatic heterocycles. The van der Waals surface area contributed by atoms with Crippen molar-refractivity contribution in [3.05, 3.63) is 0 Å². The second-order valence-electron chi connectivity index (χ2n) is 7.54. The number of fused-ring (bicyclic) bond motifs is 1. The summed E-state index contributed by atoms with van der Waals surface area (Å²) in [5.74, 6) is 0. The molecule has 0 aromatic heterocycles. The number of hydrogen-bond donors (Lipinski definition) is 0. The first-order chi connectivity index (χ1) is 11.2. The predicted octanol–water partition coefficient (Wildman–Crippen LogP) is -0.521. The third-order valence-electron chi connectivity index (χ3n) is 5.26. The number of carbonyl (C=O) groups excluding carboxylic acids is 1. The van der Waals surface area contributed by atoms with Crippen LogP contribution in [-0.2, 0) is 14.8 Å². The van der Waals surface area contributed by atoms with Crippen LogP contribution in [0, 0.1) is 0 Å². The van der Waals surface area contributed by atoms with Gasteiger partial charge in [0.05, 0.1) is 19.5 Å². The molecule has 3 fully saturated rings. The maximum absolute atomic E-state index is 12.7. The molecule has 0 radical (unpaired) electrons. The molecule has 2 amide bonds. The molecule has 0 N–H and O–H groups in total. The number of piperazine rings is 2. The molecule has 3 aliphatic rings. The van der Waals surface area contributed by atoms with Crippen molar-refractivity contribution >= 4 is 16.1 Å². The Kier molecular flexibility index (Phi) is 4.80. The summed E-state index contributed by atoms with van der Waals surface area (Å²) in [7, 11) is -3.23. The summed E-state index contributed by atoms with van der Waals surface area (Å²) >= 11 is 0. The van der Waals surface area contributed by atoms with Gasteiger partial charge in [-0.1, -0.05) is 0 Å². The Morgan fingerprint density at radius 1 is 1.04 bits per heavy atom. The molecule has 24 heavy (non-hydrogen) atoms. The topological polar surface area (TPSA) is 73.4 Å². The van der Waals surface area contributed by atoms with E-state index in [1.165, 1.54) is 6.26 Å². The molecule has 0 spiro atoms. The Hall–Kier alpha value is -0.900. The summed E-state index contributed by atoms with van der Waals surface area (Å²) in [6, 6.07) is 0.0921. The van der Waals surface area contributed by atoms with Gasteiger partial charge in [0.2, 0.25) is 10.0 Å². The zero-order valence-corrected chi connectivity index (χ0v) is 15.6. The summed E-state index contributed by atoms with van der Waals surface area (Å²) in [5.41, 5.74) is -0.222. The average molecular weight is 360 g/mol. The Labute approximate surface area is 144 Å². The van der Waals surface area contributed by atoms with Gasteiger partial charge in [-0.25, -0.2) is 13.2 Å². The molecule has 0 aliphatic carbocycles. The van der Waals surface area contributed by atoms with E-state index < -0.39 is 10.0 Å². The first-order valence-corrected chi connectivity index (χ1v) is 10.4. The van der Waals surface area contributed by atoms with Crippen molar-refractivity contribution in [1.29, 1.82) is 0 Å². The molecule has 0 aromatic rings. The molecular weight excluding hydrogens is 332 g/mol. The summed E-state index contributed by atoms with van der Waals surface area (Å²) in [6.07, 6.45) is 1.26. The Balaban J connectivity index is 1.71. The number of ether oxygens (including phenoxy) is 1. The van der Waals surface area contributed by atoms with Crippen molar-refractivity contribution in [3.8, 4) is 0 Å². The van der Waals surface area contributed by atoms with E-state index in [4.69, 9.17) is 4.74 Å². The SMILES string of the molecule is CC1(C)CN(S(C)(=O)=O)C[C@@H]2CN(C(=O)N3CCOCC3)CCN21. The zero-order valence-electron chi connectivity index (χ0n) is 14.8. The van der Waals surface area contributed by atoms with Crippen molar-refractivity contribution < 1.29 is 17.9 Å². The van der Waals surface area contributed by atoms with Gasteiger partial charge in [-0.2, -0.15) is 4.31 Å². The van der Waals surface area contributed by atoms with Crippen molar-refractivity contribution in [2.45, 2.75) is 25.4 Å². The third kappa shape index (κ3) is 3.54. The molecule has 8 nitrogen and oxygen atoms in total. The van der Waals surface area contributed by atoms with E-state index >= 15 is 0 Å². The van der Waals surface area contributed by atoms with Crippen LogP contribution in [0.15, 0.2) is 0 Å². The quantitative estimate of drug-likeness (QED) is 0.629. The lowest BCUT2D eigenvalue weighted by Gasteiger charge is -2.55. The van der Waals surface area contributed by atoms with E-state index in [9.17, 15) is 13.2 Å². The molecule has 9 heteroatoms. The van der Waals surface area contributed by atoms with Gasteiger partial charge in [0, 0.05) is 57.4 Å². The highest BCUT2D eigenvalue weighted by Gasteiger charge is 2.45. The summed E-state index contributed by atoms with van der Waals surface area (Å²) in [4.78, 5) is 18.8. The lowest BCUT2D eigenvalue weighted by atomic mass is 9.94. The summed E-state index contributed by atoms with van der Waals surface area (Å²) in [5, 5.41) is 0. The maximum atomic E-state index is 12.7. The number of hydrogen-bond acceptors (Lipinski definition) is 5. The van der Waals surface area contributed by atoms with Gasteiger partial charge in [0.1, 0.15) is 0 Å². The van der Waals surface area contributed by atoms with Gasteiger partial charge in [0.25, 0.3) is 0 Å². The molecule has 0 aromatic carbocycles. The monoisotopic (exact) mass is 360 g/mol. The molecule has 3 heterocycles. The predicted molar refractivity (Wildman–Crippen MR) is 90.4 cm³/mol. The Bertz CT molecular complexity index is 588. The highest BCUT2D eigenvalue weighted by Crippen LogP contribution is 2.29. The standard InChI is InChI=1S/C15H28N4O4S/c1-15(2)12-18(24(3,21)22)11-13-10-17(4-5-19(13)15)14(20)16-6-8-23-9-7-16/h13H,4-12H2,1-3H3/t13-/m0/s1. The fourth-order valence-electron chi connectivity index (χ4n) is 4.01. The van der Waals surface area contributed by atoms with Crippen LogP contribution in [0.25, 0.3) is 0 Å². The minimum atomic E-state index is -3.23. The summed E-state index contributed by atoms with van der Waals surface area (Å²) < 4.78 is 30.9. The van der Waals surface area contributed by atoms with Crippen LogP contribution in [0.1, 0.15) is 13.8 Å². The minimum absolute atomic E-state index is 0.0437. The number of urea groups is 1. The highest BCUT2D eigenvalue weighted by molar-refractivity contribution is 7.88. The van der Waals surface area contributed by atoms with Crippen molar-refractivity contribution in [1.82, 2.24) is 19.0 Å². The summed E-state index contributed by atoms with van der Waals surface area (Å²) in [6.45, 7) is 9.60. The Morgan fingerprint density at radius 2 is 1.71 bits per heavy atom. The van der Waals surface area contributed by atoms with Crippen molar-refractivity contribution in [3.63, 3.8) is 0 Å². The lowest BCUT2D eigenvalue weighted by Crippen LogP contribution is -2.71. The van der Waals surface area contributed by atoms with Gasteiger partial charge < -0.3 is 14.5 Å². The van der Waals surface area contributed by atoms with Gasteiger partial charge in [0.15, 0.2) is 0 Å². The van der Waals surface area contributed by atoms with E-state index in [1.54, 1.807) is 4.31 Å². The van der Waals surface area contributed by atoms with Gasteiger partial charge in [-0.15, -0.1) is 0 Å². The second kappa shape index (κ2) is 6.44. The Morgan fingerprint density at radius 3 is 2.33 bits per heavy atom.